The molecule has 2 rings (SSSR count). The molecule has 0 aliphatic carbocycles. The first-order valence-electron chi connectivity index (χ1n) is 7.18. The molecule has 25 heavy (non-hydrogen) atoms. The molecular weight excluding hydrogens is 330 g/mol. The number of nitrogens with one attached hydrogen (secondary N) is 1. The summed E-state index contributed by atoms with van der Waals surface area (Å²) >= 11 is 0. The van der Waals surface area contributed by atoms with Gasteiger partial charge in [0.05, 0.1) is 17.1 Å². The zero-order valence-corrected chi connectivity index (χ0v) is 13.5. The Bertz CT molecular complexity index is 899. The van der Waals surface area contributed by atoms with Gasteiger partial charge in [0.15, 0.2) is 0 Å². The maximum Gasteiger partial charge on any atom is 0.348 e. The van der Waals surface area contributed by atoms with Crippen molar-refractivity contribution >= 4 is 17.3 Å². The van der Waals surface area contributed by atoms with Crippen LogP contribution in [0.3, 0.4) is 0 Å². The molecular formula is C16H15N3O6. The van der Waals surface area contributed by atoms with Crippen molar-refractivity contribution in [2.75, 3.05) is 0 Å². The Balaban J connectivity index is 2.07. The minimum atomic E-state index is -0.761. The summed E-state index contributed by atoms with van der Waals surface area (Å²) in [5.41, 5.74) is 1.94. The third kappa shape index (κ3) is 4.50. The van der Waals surface area contributed by atoms with Crippen LogP contribution in [-0.4, -0.2) is 21.6 Å². The fourth-order valence-electron chi connectivity index (χ4n) is 2.09. The minimum Gasteiger partial charge on any atom is -0.507 e. The third-order valence-electron chi connectivity index (χ3n) is 3.28. The number of hydrazone groups is 1. The molecule has 0 saturated carbocycles. The molecule has 2 aromatic rings. The van der Waals surface area contributed by atoms with Gasteiger partial charge in [-0.2, -0.15) is 5.10 Å². The van der Waals surface area contributed by atoms with E-state index in [4.69, 9.17) is 4.42 Å². The molecule has 9 nitrogen and oxygen atoms in total. The van der Waals surface area contributed by atoms with Crippen molar-refractivity contribution in [2.24, 2.45) is 5.10 Å². The molecule has 2 N–H and O–H groups in total. The largest absolute Gasteiger partial charge is 0.507 e. The van der Waals surface area contributed by atoms with Crippen molar-refractivity contribution in [3.63, 3.8) is 0 Å². The molecule has 1 aromatic carbocycles. The number of nitro benzene ring substituents is 1. The van der Waals surface area contributed by atoms with E-state index in [0.717, 1.165) is 0 Å². The van der Waals surface area contributed by atoms with Gasteiger partial charge in [0, 0.05) is 18.2 Å². The summed E-state index contributed by atoms with van der Waals surface area (Å²) in [5, 5.41) is 24.2. The first-order chi connectivity index (χ1) is 11.8. The molecule has 0 aliphatic rings. The lowest BCUT2D eigenvalue weighted by molar-refractivity contribution is -0.384. The zero-order valence-electron chi connectivity index (χ0n) is 13.5. The van der Waals surface area contributed by atoms with Crippen molar-refractivity contribution < 1.29 is 19.2 Å². The van der Waals surface area contributed by atoms with Gasteiger partial charge in [-0.3, -0.25) is 14.9 Å². The summed E-state index contributed by atoms with van der Waals surface area (Å²) in [7, 11) is 0. The van der Waals surface area contributed by atoms with Crippen LogP contribution in [-0.2, 0) is 11.2 Å². The highest BCUT2D eigenvalue weighted by Gasteiger charge is 2.13. The standard InChI is InChI=1S/C16H15N3O6/c1-9-7-13(20)15(16(22)25-9)10(2)17-18-14(21)8-11-3-5-12(6-4-11)19(23)24/h3-7,20H,8H2,1-2H3,(H,18,21). The first-order valence-corrected chi connectivity index (χ1v) is 7.18. The van der Waals surface area contributed by atoms with E-state index in [1.165, 1.54) is 44.2 Å². The average Bonchev–Trinajstić information content (AvgIpc) is 2.52. The number of nitrogens with zero attached hydrogens (tertiary/aromatic N) is 2. The van der Waals surface area contributed by atoms with Crippen molar-refractivity contribution in [1.29, 1.82) is 0 Å². The van der Waals surface area contributed by atoms with Crippen molar-refractivity contribution in [3.05, 3.63) is 67.8 Å². The number of carbonyl (C=O) groups is 1. The predicted octanol–water partition coefficient (Wildman–Crippen LogP) is 1.64. The van der Waals surface area contributed by atoms with E-state index in [9.17, 15) is 24.8 Å². The molecule has 9 heteroatoms. The van der Waals surface area contributed by atoms with Crippen LogP contribution in [0.1, 0.15) is 23.8 Å². The summed E-state index contributed by atoms with van der Waals surface area (Å²) in [6.07, 6.45) is -0.0523. The van der Waals surface area contributed by atoms with Crippen LogP contribution in [0.2, 0.25) is 0 Å². The molecule has 1 amide bonds. The Labute approximate surface area is 141 Å². The van der Waals surface area contributed by atoms with Crippen LogP contribution in [0, 0.1) is 17.0 Å². The maximum atomic E-state index is 11.9. The van der Waals surface area contributed by atoms with E-state index in [2.05, 4.69) is 10.5 Å². The monoisotopic (exact) mass is 345 g/mol. The van der Waals surface area contributed by atoms with Crippen molar-refractivity contribution in [3.8, 4) is 5.75 Å². The maximum absolute atomic E-state index is 11.9. The van der Waals surface area contributed by atoms with E-state index >= 15 is 0 Å². The van der Waals surface area contributed by atoms with Gasteiger partial charge in [-0.15, -0.1) is 0 Å². The summed E-state index contributed by atoms with van der Waals surface area (Å²) in [4.78, 5) is 33.7. The smallest absolute Gasteiger partial charge is 0.348 e. The van der Waals surface area contributed by atoms with E-state index < -0.39 is 16.5 Å². The highest BCUT2D eigenvalue weighted by Crippen LogP contribution is 2.15. The first kappa shape index (κ1) is 17.9. The molecule has 0 spiro atoms. The van der Waals surface area contributed by atoms with Crippen LogP contribution in [0.15, 0.2) is 44.6 Å². The normalized spacial score (nSPS) is 11.2. The summed E-state index contributed by atoms with van der Waals surface area (Å²) in [6, 6.07) is 6.80. The molecule has 0 fully saturated rings. The molecule has 0 radical (unpaired) electrons. The number of hydrogen-bond donors (Lipinski definition) is 2. The average molecular weight is 345 g/mol. The van der Waals surface area contributed by atoms with E-state index in [-0.39, 0.29) is 34.9 Å². The quantitative estimate of drug-likeness (QED) is 0.480. The van der Waals surface area contributed by atoms with Crippen LogP contribution < -0.4 is 11.1 Å². The van der Waals surface area contributed by atoms with Crippen LogP contribution in [0.5, 0.6) is 5.75 Å². The van der Waals surface area contributed by atoms with Crippen molar-refractivity contribution in [2.45, 2.75) is 20.3 Å². The molecule has 0 unspecified atom stereocenters. The number of amides is 1. The molecule has 130 valence electrons. The lowest BCUT2D eigenvalue weighted by Crippen LogP contribution is -2.23. The van der Waals surface area contributed by atoms with Crippen LogP contribution >= 0.6 is 0 Å². The van der Waals surface area contributed by atoms with Crippen molar-refractivity contribution in [1.82, 2.24) is 5.43 Å². The lowest BCUT2D eigenvalue weighted by Gasteiger charge is -2.04. The molecule has 0 aliphatic heterocycles. The molecule has 0 bridgehead atoms. The van der Waals surface area contributed by atoms with Gasteiger partial charge in [0.1, 0.15) is 17.1 Å². The lowest BCUT2D eigenvalue weighted by atomic mass is 10.1. The highest BCUT2D eigenvalue weighted by atomic mass is 16.6. The number of benzene rings is 1. The number of aromatic hydroxyl groups is 1. The number of aryl methyl sites for hydroxylation is 1. The van der Waals surface area contributed by atoms with Gasteiger partial charge in [0.25, 0.3) is 5.69 Å². The minimum absolute atomic E-state index is 0.0523. The van der Waals surface area contributed by atoms with Gasteiger partial charge >= 0.3 is 5.63 Å². The van der Waals surface area contributed by atoms with E-state index in [0.29, 0.717) is 5.56 Å². The molecule has 1 aromatic heterocycles. The van der Waals surface area contributed by atoms with Gasteiger partial charge in [-0.1, -0.05) is 12.1 Å². The Hall–Kier alpha value is -3.49. The topological polar surface area (TPSA) is 135 Å². The van der Waals surface area contributed by atoms with E-state index in [1.807, 2.05) is 0 Å². The number of non-ortho nitro benzene ring substituents is 1. The van der Waals surface area contributed by atoms with Gasteiger partial charge in [0.2, 0.25) is 5.91 Å². The second-order valence-electron chi connectivity index (χ2n) is 5.24. The molecule has 0 atom stereocenters. The Morgan fingerprint density at radius 3 is 2.56 bits per heavy atom. The number of rotatable bonds is 5. The fourth-order valence-corrected chi connectivity index (χ4v) is 2.09. The van der Waals surface area contributed by atoms with Gasteiger partial charge < -0.3 is 9.52 Å². The van der Waals surface area contributed by atoms with Crippen LogP contribution in [0.4, 0.5) is 5.69 Å². The SMILES string of the molecule is CC(=NNC(=O)Cc1ccc([N+](=O)[O-])cc1)c1c(O)cc(C)oc1=O. The van der Waals surface area contributed by atoms with Gasteiger partial charge in [-0.05, 0) is 19.4 Å². The Morgan fingerprint density at radius 1 is 1.36 bits per heavy atom. The summed E-state index contributed by atoms with van der Waals surface area (Å²) in [6.45, 7) is 2.96. The summed E-state index contributed by atoms with van der Waals surface area (Å²) < 4.78 is 4.88. The van der Waals surface area contributed by atoms with Gasteiger partial charge in [-0.25, -0.2) is 10.2 Å². The number of nitro groups is 1. The van der Waals surface area contributed by atoms with Crippen LogP contribution in [0.25, 0.3) is 0 Å². The highest BCUT2D eigenvalue weighted by molar-refractivity contribution is 6.01. The Morgan fingerprint density at radius 2 is 2.00 bits per heavy atom. The second-order valence-corrected chi connectivity index (χ2v) is 5.24. The summed E-state index contributed by atoms with van der Waals surface area (Å²) in [5.74, 6) is -0.523. The zero-order chi connectivity index (χ0) is 18.6. The second kappa shape index (κ2) is 7.39. The predicted molar refractivity (Wildman–Crippen MR) is 88.5 cm³/mol. The molecule has 1 heterocycles. The van der Waals surface area contributed by atoms with E-state index in [1.54, 1.807) is 0 Å². The Kier molecular flexibility index (Phi) is 5.28. The third-order valence-corrected chi connectivity index (χ3v) is 3.28. The number of carbonyl (C=O) groups excluding carboxylic acids is 1. The fraction of sp³-hybridized carbons (Fsp3) is 0.188. The number of hydrogen-bond acceptors (Lipinski definition) is 7. The molecule has 0 saturated heterocycles.